The van der Waals surface area contributed by atoms with Crippen LogP contribution in [0.15, 0.2) is 24.3 Å². The molecule has 1 unspecified atom stereocenters. The van der Waals surface area contributed by atoms with Gasteiger partial charge in [0.1, 0.15) is 0 Å². The van der Waals surface area contributed by atoms with Crippen molar-refractivity contribution in [3.63, 3.8) is 0 Å². The predicted molar refractivity (Wildman–Crippen MR) is 82.6 cm³/mol. The van der Waals surface area contributed by atoms with E-state index in [4.69, 9.17) is 0 Å². The second-order valence-corrected chi connectivity index (χ2v) is 6.61. The van der Waals surface area contributed by atoms with E-state index in [1.807, 2.05) is 24.3 Å². The van der Waals surface area contributed by atoms with Crippen LogP contribution in [-0.4, -0.2) is 18.5 Å². The van der Waals surface area contributed by atoms with Gasteiger partial charge in [0.2, 0.25) is 5.91 Å². The summed E-state index contributed by atoms with van der Waals surface area (Å²) in [6.45, 7) is 5.23. The molecular formula is C14H19IN2O. The Morgan fingerprint density at radius 2 is 2.17 bits per heavy atom. The molecule has 1 heterocycles. The van der Waals surface area contributed by atoms with Gasteiger partial charge in [-0.1, -0.05) is 26.0 Å². The highest BCUT2D eigenvalue weighted by Crippen LogP contribution is 2.31. The molecule has 0 aliphatic carbocycles. The normalized spacial score (nSPS) is 22.5. The maximum Gasteiger partial charge on any atom is 0.242 e. The summed E-state index contributed by atoms with van der Waals surface area (Å²) >= 11 is 2.24. The number of carbonyl (C=O) groups is 1. The van der Waals surface area contributed by atoms with Gasteiger partial charge in [0, 0.05) is 3.57 Å². The Balaban J connectivity index is 2.10. The lowest BCUT2D eigenvalue weighted by atomic mass is 9.77. The third-order valence-electron chi connectivity index (χ3n) is 3.52. The average Bonchev–Trinajstić information content (AvgIpc) is 2.31. The quantitative estimate of drug-likeness (QED) is 0.798. The summed E-state index contributed by atoms with van der Waals surface area (Å²) in [5.41, 5.74) is 0.911. The minimum Gasteiger partial charge on any atom is -0.324 e. The fourth-order valence-corrected chi connectivity index (χ4v) is 2.95. The Hall–Kier alpha value is -0.620. The molecule has 18 heavy (non-hydrogen) atoms. The van der Waals surface area contributed by atoms with Crippen LogP contribution < -0.4 is 10.6 Å². The molecule has 0 bridgehead atoms. The highest BCUT2D eigenvalue weighted by atomic mass is 127. The van der Waals surface area contributed by atoms with Crippen molar-refractivity contribution in [3.8, 4) is 0 Å². The first-order chi connectivity index (χ1) is 8.50. The zero-order valence-electron chi connectivity index (χ0n) is 10.8. The Morgan fingerprint density at radius 3 is 2.83 bits per heavy atom. The number of para-hydroxylation sites is 1. The van der Waals surface area contributed by atoms with Crippen molar-refractivity contribution in [3.05, 3.63) is 27.8 Å². The molecule has 0 radical (unpaired) electrons. The van der Waals surface area contributed by atoms with Crippen LogP contribution in [0.4, 0.5) is 5.69 Å². The molecule has 1 fully saturated rings. The molecule has 4 heteroatoms. The molecule has 1 aromatic rings. The summed E-state index contributed by atoms with van der Waals surface area (Å²) in [5, 5.41) is 6.36. The predicted octanol–water partition coefficient (Wildman–Crippen LogP) is 3.01. The maximum atomic E-state index is 12.4. The Bertz CT molecular complexity index is 445. The van der Waals surface area contributed by atoms with Gasteiger partial charge in [0.15, 0.2) is 0 Å². The highest BCUT2D eigenvalue weighted by Gasteiger charge is 2.37. The van der Waals surface area contributed by atoms with Crippen molar-refractivity contribution in [2.75, 3.05) is 11.9 Å². The molecule has 0 spiro atoms. The number of carbonyl (C=O) groups excluding carboxylic acids is 1. The first-order valence-electron chi connectivity index (χ1n) is 6.29. The summed E-state index contributed by atoms with van der Waals surface area (Å²) in [6.07, 6.45) is 2.23. The molecule has 3 nitrogen and oxygen atoms in total. The van der Waals surface area contributed by atoms with Crippen LogP contribution in [0.1, 0.15) is 26.7 Å². The fourth-order valence-electron chi connectivity index (χ4n) is 2.43. The number of hydrogen-bond donors (Lipinski definition) is 2. The summed E-state index contributed by atoms with van der Waals surface area (Å²) in [4.78, 5) is 12.4. The zero-order chi connectivity index (χ0) is 13.2. The molecule has 98 valence electrons. The molecule has 1 aliphatic heterocycles. The SMILES string of the molecule is CC1(C)CCCNC1C(=O)Nc1ccccc1I. The van der Waals surface area contributed by atoms with Crippen molar-refractivity contribution in [2.45, 2.75) is 32.7 Å². The lowest BCUT2D eigenvalue weighted by Gasteiger charge is -2.38. The lowest BCUT2D eigenvalue weighted by Crippen LogP contribution is -2.53. The van der Waals surface area contributed by atoms with Crippen molar-refractivity contribution < 1.29 is 4.79 Å². The highest BCUT2D eigenvalue weighted by molar-refractivity contribution is 14.1. The van der Waals surface area contributed by atoms with Crippen molar-refractivity contribution in [1.29, 1.82) is 0 Å². The Kier molecular flexibility index (Phi) is 4.27. The number of amides is 1. The minimum absolute atomic E-state index is 0.0164. The summed E-state index contributed by atoms with van der Waals surface area (Å²) in [5.74, 6) is 0.0730. The summed E-state index contributed by atoms with van der Waals surface area (Å²) < 4.78 is 1.07. The molecule has 1 saturated heterocycles. The van der Waals surface area contributed by atoms with Gasteiger partial charge in [-0.15, -0.1) is 0 Å². The fraction of sp³-hybridized carbons (Fsp3) is 0.500. The molecule has 2 rings (SSSR count). The van der Waals surface area contributed by atoms with E-state index in [9.17, 15) is 4.79 Å². The molecule has 2 N–H and O–H groups in total. The third kappa shape index (κ3) is 3.03. The molecule has 1 atom stereocenters. The van der Waals surface area contributed by atoms with E-state index in [2.05, 4.69) is 47.1 Å². The van der Waals surface area contributed by atoms with Crippen LogP contribution in [0.5, 0.6) is 0 Å². The Morgan fingerprint density at radius 1 is 1.44 bits per heavy atom. The van der Waals surface area contributed by atoms with E-state index in [0.717, 1.165) is 28.6 Å². The number of halogens is 1. The number of piperidine rings is 1. The number of benzene rings is 1. The van der Waals surface area contributed by atoms with Crippen LogP contribution in [0.3, 0.4) is 0 Å². The number of hydrogen-bond acceptors (Lipinski definition) is 2. The van der Waals surface area contributed by atoms with Crippen LogP contribution in [0.25, 0.3) is 0 Å². The number of nitrogens with one attached hydrogen (secondary N) is 2. The smallest absolute Gasteiger partial charge is 0.242 e. The van der Waals surface area contributed by atoms with Gasteiger partial charge in [0.25, 0.3) is 0 Å². The van der Waals surface area contributed by atoms with Gasteiger partial charge in [-0.3, -0.25) is 4.79 Å². The topological polar surface area (TPSA) is 41.1 Å². The first-order valence-corrected chi connectivity index (χ1v) is 7.37. The van der Waals surface area contributed by atoms with Crippen LogP contribution in [-0.2, 0) is 4.79 Å². The van der Waals surface area contributed by atoms with Crippen molar-refractivity contribution in [1.82, 2.24) is 5.32 Å². The third-order valence-corrected chi connectivity index (χ3v) is 4.46. The van der Waals surface area contributed by atoms with Gasteiger partial charge >= 0.3 is 0 Å². The van der Waals surface area contributed by atoms with Crippen molar-refractivity contribution in [2.24, 2.45) is 5.41 Å². The van der Waals surface area contributed by atoms with Crippen LogP contribution in [0.2, 0.25) is 0 Å². The lowest BCUT2D eigenvalue weighted by molar-refractivity contribution is -0.121. The average molecular weight is 358 g/mol. The van der Waals surface area contributed by atoms with Gasteiger partial charge in [0.05, 0.1) is 11.7 Å². The minimum atomic E-state index is -0.109. The van der Waals surface area contributed by atoms with E-state index in [1.54, 1.807) is 0 Å². The van der Waals surface area contributed by atoms with Crippen LogP contribution in [0, 0.1) is 8.99 Å². The largest absolute Gasteiger partial charge is 0.324 e. The standard InChI is InChI=1S/C14H19IN2O/c1-14(2)8-5-9-16-12(14)13(18)17-11-7-4-3-6-10(11)15/h3-4,6-7,12,16H,5,8-9H2,1-2H3,(H,17,18). The molecule has 1 amide bonds. The molecule has 0 saturated carbocycles. The molecular weight excluding hydrogens is 339 g/mol. The van der Waals surface area contributed by atoms with Crippen molar-refractivity contribution >= 4 is 34.2 Å². The number of rotatable bonds is 2. The number of anilines is 1. The van der Waals surface area contributed by atoms with E-state index in [1.165, 1.54) is 0 Å². The monoisotopic (exact) mass is 358 g/mol. The Labute approximate surface area is 122 Å². The summed E-state index contributed by atoms with van der Waals surface area (Å²) in [6, 6.07) is 7.74. The molecule has 1 aliphatic rings. The molecule has 0 aromatic heterocycles. The van der Waals surface area contributed by atoms with Gasteiger partial charge in [-0.2, -0.15) is 0 Å². The van der Waals surface area contributed by atoms with Gasteiger partial charge in [-0.25, -0.2) is 0 Å². The summed E-state index contributed by atoms with van der Waals surface area (Å²) in [7, 11) is 0. The van der Waals surface area contributed by atoms with Gasteiger partial charge in [-0.05, 0) is 59.5 Å². The van der Waals surface area contributed by atoms with E-state index in [0.29, 0.717) is 0 Å². The zero-order valence-corrected chi connectivity index (χ0v) is 13.0. The first kappa shape index (κ1) is 13.8. The second-order valence-electron chi connectivity index (χ2n) is 5.45. The van der Waals surface area contributed by atoms with Gasteiger partial charge < -0.3 is 10.6 Å². The van der Waals surface area contributed by atoms with Crippen LogP contribution >= 0.6 is 22.6 Å². The molecule has 1 aromatic carbocycles. The maximum absolute atomic E-state index is 12.4. The van der Waals surface area contributed by atoms with E-state index in [-0.39, 0.29) is 17.4 Å². The van der Waals surface area contributed by atoms with E-state index >= 15 is 0 Å². The second kappa shape index (κ2) is 5.57. The van der Waals surface area contributed by atoms with E-state index < -0.39 is 0 Å².